The average molecular weight is 308 g/mol. The Kier molecular flexibility index (Phi) is 4.96. The second-order valence-corrected chi connectivity index (χ2v) is 4.80. The number of hydrogen-bond donors (Lipinski definition) is 3. The van der Waals surface area contributed by atoms with Crippen LogP contribution in [-0.2, 0) is 6.54 Å². The molecule has 0 fully saturated rings. The van der Waals surface area contributed by atoms with Gasteiger partial charge in [-0.2, -0.15) is 0 Å². The first-order valence-corrected chi connectivity index (χ1v) is 6.54. The van der Waals surface area contributed by atoms with E-state index in [0.717, 1.165) is 17.7 Å². The summed E-state index contributed by atoms with van der Waals surface area (Å²) in [7, 11) is -2.01. The van der Waals surface area contributed by atoms with E-state index in [4.69, 9.17) is 21.6 Å². The highest BCUT2D eigenvalue weighted by Crippen LogP contribution is 2.16. The molecule has 0 aliphatic carbocycles. The summed E-state index contributed by atoms with van der Waals surface area (Å²) in [6, 6.07) is 11.1. The Balaban J connectivity index is 2.17. The largest absolute Gasteiger partial charge is 0.491 e. The van der Waals surface area contributed by atoms with Gasteiger partial charge in [-0.05, 0) is 17.7 Å². The molecule has 0 spiro atoms. The van der Waals surface area contributed by atoms with Crippen LogP contribution in [0.5, 0.6) is 0 Å². The summed E-state index contributed by atoms with van der Waals surface area (Å²) in [5.74, 6) is -1.40. The van der Waals surface area contributed by atoms with Crippen molar-refractivity contribution in [2.24, 2.45) is 0 Å². The minimum atomic E-state index is -2.01. The highest BCUT2D eigenvalue weighted by molar-refractivity contribution is 6.59. The van der Waals surface area contributed by atoms with Crippen LogP contribution in [0.25, 0.3) is 0 Å². The van der Waals surface area contributed by atoms with E-state index >= 15 is 0 Å². The minimum Gasteiger partial charge on any atom is -0.423 e. The third-order valence-electron chi connectivity index (χ3n) is 2.91. The molecular weight excluding hydrogens is 295 g/mol. The lowest BCUT2D eigenvalue weighted by atomic mass is 9.79. The number of carbonyl (C=O) groups excluding carboxylic acids is 1. The zero-order chi connectivity index (χ0) is 15.4. The van der Waals surface area contributed by atoms with Crippen LogP contribution in [0.15, 0.2) is 42.5 Å². The molecule has 0 saturated heterocycles. The standard InChI is InChI=1S/C14H12BClFNO3/c16-12-7-13(17)11(15(20)21)6-10(12)14(19)18-8-9-4-2-1-3-5-9/h1-7,20-21H,8H2,(H,18,19). The fourth-order valence-corrected chi connectivity index (χ4v) is 2.05. The van der Waals surface area contributed by atoms with E-state index in [9.17, 15) is 9.18 Å². The Morgan fingerprint density at radius 3 is 2.52 bits per heavy atom. The molecule has 0 heterocycles. The summed E-state index contributed by atoms with van der Waals surface area (Å²) in [6.45, 7) is 0.282. The molecule has 0 aromatic heterocycles. The van der Waals surface area contributed by atoms with E-state index in [2.05, 4.69) is 5.32 Å². The fraction of sp³-hybridized carbons (Fsp3) is 0.0714. The van der Waals surface area contributed by atoms with Crippen molar-refractivity contribution >= 4 is 30.1 Å². The number of carbonyl (C=O) groups is 1. The van der Waals surface area contributed by atoms with Crippen molar-refractivity contribution in [3.05, 3.63) is 64.4 Å². The van der Waals surface area contributed by atoms with Gasteiger partial charge in [0.1, 0.15) is 5.82 Å². The van der Waals surface area contributed by atoms with Crippen molar-refractivity contribution < 1.29 is 19.2 Å². The minimum absolute atomic E-state index is 0.0166. The molecule has 0 saturated carbocycles. The molecule has 0 atom stereocenters. The molecule has 0 unspecified atom stereocenters. The lowest BCUT2D eigenvalue weighted by Gasteiger charge is -2.09. The van der Waals surface area contributed by atoms with Crippen LogP contribution in [0.3, 0.4) is 0 Å². The predicted molar refractivity (Wildman–Crippen MR) is 78.8 cm³/mol. The van der Waals surface area contributed by atoms with E-state index < -0.39 is 24.3 Å². The van der Waals surface area contributed by atoms with Gasteiger partial charge in [-0.1, -0.05) is 41.9 Å². The zero-order valence-corrected chi connectivity index (χ0v) is 11.6. The number of rotatable bonds is 4. The Morgan fingerprint density at radius 1 is 1.24 bits per heavy atom. The van der Waals surface area contributed by atoms with Crippen LogP contribution in [0.4, 0.5) is 4.39 Å². The number of hydrogen-bond acceptors (Lipinski definition) is 3. The number of benzene rings is 2. The monoisotopic (exact) mass is 307 g/mol. The highest BCUT2D eigenvalue weighted by Gasteiger charge is 2.21. The second-order valence-electron chi connectivity index (χ2n) is 4.40. The van der Waals surface area contributed by atoms with Crippen LogP contribution in [0.1, 0.15) is 15.9 Å². The molecule has 2 aromatic rings. The van der Waals surface area contributed by atoms with Gasteiger partial charge in [-0.3, -0.25) is 4.79 Å². The molecule has 0 aliphatic heterocycles. The molecule has 21 heavy (non-hydrogen) atoms. The molecule has 2 aromatic carbocycles. The molecule has 2 rings (SSSR count). The smallest absolute Gasteiger partial charge is 0.423 e. The van der Waals surface area contributed by atoms with Gasteiger partial charge in [0.25, 0.3) is 5.91 Å². The molecular formula is C14H12BClFNO3. The molecule has 108 valence electrons. The van der Waals surface area contributed by atoms with Crippen LogP contribution in [0, 0.1) is 5.82 Å². The maximum atomic E-state index is 13.5. The highest BCUT2D eigenvalue weighted by atomic mass is 35.5. The van der Waals surface area contributed by atoms with Gasteiger partial charge < -0.3 is 15.4 Å². The van der Waals surface area contributed by atoms with Crippen molar-refractivity contribution in [1.82, 2.24) is 5.32 Å². The SMILES string of the molecule is O=C(NCc1ccccc1)c1cc(B(O)O)c(F)cc1Cl. The zero-order valence-electron chi connectivity index (χ0n) is 10.9. The predicted octanol–water partition coefficient (Wildman–Crippen LogP) is 1.09. The summed E-state index contributed by atoms with van der Waals surface area (Å²) < 4.78 is 13.5. The summed E-state index contributed by atoms with van der Waals surface area (Å²) >= 11 is 5.82. The van der Waals surface area contributed by atoms with Gasteiger partial charge in [0.15, 0.2) is 0 Å². The maximum absolute atomic E-state index is 13.5. The van der Waals surface area contributed by atoms with Crippen molar-refractivity contribution in [3.63, 3.8) is 0 Å². The van der Waals surface area contributed by atoms with Crippen molar-refractivity contribution in [3.8, 4) is 0 Å². The van der Waals surface area contributed by atoms with Gasteiger partial charge in [0.2, 0.25) is 0 Å². The maximum Gasteiger partial charge on any atom is 0.491 e. The normalized spacial score (nSPS) is 10.3. The van der Waals surface area contributed by atoms with Gasteiger partial charge in [0.05, 0.1) is 10.6 Å². The van der Waals surface area contributed by atoms with E-state index in [0.29, 0.717) is 0 Å². The van der Waals surface area contributed by atoms with E-state index in [1.165, 1.54) is 0 Å². The average Bonchev–Trinajstić information content (AvgIpc) is 2.45. The lowest BCUT2D eigenvalue weighted by Crippen LogP contribution is -2.34. The second kappa shape index (κ2) is 6.71. The summed E-state index contributed by atoms with van der Waals surface area (Å²) in [5, 5.41) is 20.6. The van der Waals surface area contributed by atoms with Gasteiger partial charge in [-0.15, -0.1) is 0 Å². The van der Waals surface area contributed by atoms with Gasteiger partial charge in [-0.25, -0.2) is 4.39 Å². The van der Waals surface area contributed by atoms with Crippen LogP contribution >= 0.6 is 11.6 Å². The molecule has 7 heteroatoms. The quantitative estimate of drug-likeness (QED) is 0.741. The van der Waals surface area contributed by atoms with Crippen LogP contribution in [0.2, 0.25) is 5.02 Å². The third-order valence-corrected chi connectivity index (χ3v) is 3.22. The van der Waals surface area contributed by atoms with Crippen molar-refractivity contribution in [1.29, 1.82) is 0 Å². The number of halogens is 2. The summed E-state index contributed by atoms with van der Waals surface area (Å²) in [5.41, 5.74) is 0.479. The summed E-state index contributed by atoms with van der Waals surface area (Å²) in [4.78, 5) is 12.0. The molecule has 0 radical (unpaired) electrons. The lowest BCUT2D eigenvalue weighted by molar-refractivity contribution is 0.0951. The molecule has 0 bridgehead atoms. The summed E-state index contributed by atoms with van der Waals surface area (Å²) in [6.07, 6.45) is 0. The molecule has 4 nitrogen and oxygen atoms in total. The third kappa shape index (κ3) is 3.82. The van der Waals surface area contributed by atoms with Crippen LogP contribution in [-0.4, -0.2) is 23.1 Å². The molecule has 3 N–H and O–H groups in total. The van der Waals surface area contributed by atoms with E-state index in [1.54, 1.807) is 0 Å². The van der Waals surface area contributed by atoms with E-state index in [-0.39, 0.29) is 17.1 Å². The number of nitrogens with one attached hydrogen (secondary N) is 1. The Hall–Kier alpha value is -1.89. The topological polar surface area (TPSA) is 69.6 Å². The molecule has 0 aliphatic rings. The first-order chi connectivity index (χ1) is 9.99. The Bertz CT molecular complexity index is 652. The van der Waals surface area contributed by atoms with Gasteiger partial charge >= 0.3 is 7.12 Å². The number of amides is 1. The first-order valence-electron chi connectivity index (χ1n) is 6.16. The van der Waals surface area contributed by atoms with Crippen molar-refractivity contribution in [2.75, 3.05) is 0 Å². The Morgan fingerprint density at radius 2 is 1.90 bits per heavy atom. The van der Waals surface area contributed by atoms with Crippen LogP contribution < -0.4 is 10.8 Å². The first kappa shape index (κ1) is 15.5. The van der Waals surface area contributed by atoms with E-state index in [1.807, 2.05) is 30.3 Å². The van der Waals surface area contributed by atoms with Gasteiger partial charge in [0, 0.05) is 12.0 Å². The molecule has 1 amide bonds. The Labute approximate surface area is 126 Å². The fourth-order valence-electron chi connectivity index (χ4n) is 1.81. The van der Waals surface area contributed by atoms with Crippen molar-refractivity contribution in [2.45, 2.75) is 6.54 Å².